The quantitative estimate of drug-likeness (QED) is 0.781. The topological polar surface area (TPSA) is 37.0 Å². The van der Waals surface area contributed by atoms with Gasteiger partial charge in [-0.15, -0.1) is 11.3 Å². The summed E-state index contributed by atoms with van der Waals surface area (Å²) in [5, 5.41) is 10.2. The van der Waals surface area contributed by atoms with Gasteiger partial charge in [-0.2, -0.15) is 0 Å². The lowest BCUT2D eigenvalue weighted by molar-refractivity contribution is 0.392. The molecule has 0 bridgehead atoms. The fourth-order valence-corrected chi connectivity index (χ4v) is 2.41. The number of hydrogen-bond acceptors (Lipinski definition) is 4. The minimum Gasteiger partial charge on any atom is -0.315 e. The van der Waals surface area contributed by atoms with Crippen LogP contribution < -0.4 is 10.6 Å². The van der Waals surface area contributed by atoms with Crippen molar-refractivity contribution in [2.45, 2.75) is 25.3 Å². The van der Waals surface area contributed by atoms with Crippen molar-refractivity contribution in [2.75, 3.05) is 19.6 Å². The average Bonchev–Trinajstić information content (AvgIpc) is 2.72. The first-order chi connectivity index (χ1) is 6.95. The van der Waals surface area contributed by atoms with Crippen LogP contribution in [0, 0.1) is 0 Å². The lowest BCUT2D eigenvalue weighted by Crippen LogP contribution is -2.43. The molecule has 0 aromatic carbocycles. The van der Waals surface area contributed by atoms with Crippen molar-refractivity contribution in [2.24, 2.45) is 0 Å². The molecule has 2 heterocycles. The maximum absolute atomic E-state index is 4.26. The van der Waals surface area contributed by atoms with E-state index in [1.807, 2.05) is 11.6 Å². The second-order valence-corrected chi connectivity index (χ2v) is 4.65. The first-order valence-electron chi connectivity index (χ1n) is 5.27. The largest absolute Gasteiger partial charge is 0.315 e. The molecule has 1 saturated heterocycles. The molecule has 78 valence electrons. The summed E-state index contributed by atoms with van der Waals surface area (Å²) in [6, 6.07) is 0.670. The predicted octanol–water partition coefficient (Wildman–Crippen LogP) is 1.03. The Morgan fingerprint density at radius 3 is 3.36 bits per heavy atom. The second-order valence-electron chi connectivity index (χ2n) is 3.67. The lowest BCUT2D eigenvalue weighted by atomic mass is 10.1. The van der Waals surface area contributed by atoms with E-state index < -0.39 is 0 Å². The number of nitrogens with one attached hydrogen (secondary N) is 2. The summed E-state index contributed by atoms with van der Waals surface area (Å²) in [4.78, 5) is 4.26. The Kier molecular flexibility index (Phi) is 3.91. The third-order valence-corrected chi connectivity index (χ3v) is 3.39. The molecule has 4 heteroatoms. The minimum absolute atomic E-state index is 0.670. The van der Waals surface area contributed by atoms with E-state index in [9.17, 15) is 0 Å². The third kappa shape index (κ3) is 3.04. The number of rotatable bonds is 4. The van der Waals surface area contributed by atoms with Gasteiger partial charge in [0.2, 0.25) is 0 Å². The van der Waals surface area contributed by atoms with Crippen molar-refractivity contribution in [3.8, 4) is 0 Å². The van der Waals surface area contributed by atoms with Crippen molar-refractivity contribution < 1.29 is 0 Å². The van der Waals surface area contributed by atoms with Crippen LogP contribution >= 0.6 is 11.3 Å². The van der Waals surface area contributed by atoms with Gasteiger partial charge in [0.05, 0.1) is 5.01 Å². The summed E-state index contributed by atoms with van der Waals surface area (Å²) in [5.74, 6) is 0. The Labute approximate surface area is 88.9 Å². The zero-order valence-electron chi connectivity index (χ0n) is 8.33. The molecular formula is C10H17N3S. The van der Waals surface area contributed by atoms with E-state index >= 15 is 0 Å². The van der Waals surface area contributed by atoms with Gasteiger partial charge in [-0.25, -0.2) is 4.98 Å². The van der Waals surface area contributed by atoms with Gasteiger partial charge >= 0.3 is 0 Å². The van der Waals surface area contributed by atoms with Crippen LogP contribution in [0.25, 0.3) is 0 Å². The molecular weight excluding hydrogens is 194 g/mol. The van der Waals surface area contributed by atoms with Crippen molar-refractivity contribution in [1.29, 1.82) is 0 Å². The number of aromatic nitrogens is 1. The van der Waals surface area contributed by atoms with Crippen LogP contribution in [0.4, 0.5) is 0 Å². The van der Waals surface area contributed by atoms with E-state index in [1.165, 1.54) is 24.4 Å². The standard InChI is InChI=1S/C10H17N3S/c1-2-9(8-11-4-1)12-5-3-10-13-6-7-14-10/h6-7,9,11-12H,1-5,8H2. The zero-order valence-corrected chi connectivity index (χ0v) is 9.15. The number of hydrogen-bond donors (Lipinski definition) is 2. The Hall–Kier alpha value is -0.450. The van der Waals surface area contributed by atoms with Crippen LogP contribution in [-0.4, -0.2) is 30.7 Å². The molecule has 14 heavy (non-hydrogen) atoms. The second kappa shape index (κ2) is 5.44. The summed E-state index contributed by atoms with van der Waals surface area (Å²) < 4.78 is 0. The first-order valence-corrected chi connectivity index (χ1v) is 6.15. The molecule has 0 radical (unpaired) electrons. The summed E-state index contributed by atoms with van der Waals surface area (Å²) in [7, 11) is 0. The van der Waals surface area contributed by atoms with Crippen molar-refractivity contribution in [3.63, 3.8) is 0 Å². The van der Waals surface area contributed by atoms with Crippen molar-refractivity contribution in [3.05, 3.63) is 16.6 Å². The van der Waals surface area contributed by atoms with Crippen LogP contribution in [0.1, 0.15) is 17.8 Å². The molecule has 1 atom stereocenters. The van der Waals surface area contributed by atoms with Crippen molar-refractivity contribution in [1.82, 2.24) is 15.6 Å². The molecule has 0 saturated carbocycles. The monoisotopic (exact) mass is 211 g/mol. The maximum atomic E-state index is 4.26. The summed E-state index contributed by atoms with van der Waals surface area (Å²) in [5.41, 5.74) is 0. The minimum atomic E-state index is 0.670. The van der Waals surface area contributed by atoms with Gasteiger partial charge in [0.25, 0.3) is 0 Å². The summed E-state index contributed by atoms with van der Waals surface area (Å²) >= 11 is 1.74. The van der Waals surface area contributed by atoms with E-state index in [1.54, 1.807) is 11.3 Å². The van der Waals surface area contributed by atoms with Gasteiger partial charge in [-0.3, -0.25) is 0 Å². The molecule has 1 aliphatic rings. The van der Waals surface area contributed by atoms with Gasteiger partial charge < -0.3 is 10.6 Å². The highest BCUT2D eigenvalue weighted by Gasteiger charge is 2.11. The smallest absolute Gasteiger partial charge is 0.0937 e. The summed E-state index contributed by atoms with van der Waals surface area (Å²) in [6.45, 7) is 3.36. The predicted molar refractivity (Wildman–Crippen MR) is 59.7 cm³/mol. The SMILES string of the molecule is c1csc(CCNC2CCCNC2)n1. The lowest BCUT2D eigenvalue weighted by Gasteiger charge is -2.23. The fourth-order valence-electron chi connectivity index (χ4n) is 1.79. The molecule has 1 aromatic rings. The molecule has 2 rings (SSSR count). The normalized spacial score (nSPS) is 22.4. The number of thiazole rings is 1. The Morgan fingerprint density at radius 2 is 2.64 bits per heavy atom. The molecule has 0 amide bonds. The average molecular weight is 211 g/mol. The number of nitrogens with zero attached hydrogens (tertiary/aromatic N) is 1. The van der Waals surface area contributed by atoms with Gasteiger partial charge in [0, 0.05) is 37.1 Å². The van der Waals surface area contributed by atoms with E-state index in [0.29, 0.717) is 6.04 Å². The molecule has 2 N–H and O–H groups in total. The first kappa shape index (κ1) is 10.1. The van der Waals surface area contributed by atoms with E-state index in [2.05, 4.69) is 15.6 Å². The van der Waals surface area contributed by atoms with E-state index in [-0.39, 0.29) is 0 Å². The van der Waals surface area contributed by atoms with E-state index in [4.69, 9.17) is 0 Å². The van der Waals surface area contributed by atoms with Gasteiger partial charge in [0.1, 0.15) is 0 Å². The molecule has 0 aliphatic carbocycles. The van der Waals surface area contributed by atoms with Crippen LogP contribution in [0.15, 0.2) is 11.6 Å². The number of piperidine rings is 1. The molecule has 0 spiro atoms. The zero-order chi connectivity index (χ0) is 9.64. The molecule has 3 nitrogen and oxygen atoms in total. The molecule has 1 fully saturated rings. The highest BCUT2D eigenvalue weighted by molar-refractivity contribution is 7.09. The molecule has 1 aromatic heterocycles. The Bertz CT molecular complexity index is 242. The molecule has 1 unspecified atom stereocenters. The maximum Gasteiger partial charge on any atom is 0.0937 e. The molecule has 1 aliphatic heterocycles. The van der Waals surface area contributed by atoms with Gasteiger partial charge in [-0.05, 0) is 19.4 Å². The van der Waals surface area contributed by atoms with Gasteiger partial charge in [0.15, 0.2) is 0 Å². The van der Waals surface area contributed by atoms with Crippen LogP contribution in [-0.2, 0) is 6.42 Å². The Morgan fingerprint density at radius 1 is 1.64 bits per heavy atom. The summed E-state index contributed by atoms with van der Waals surface area (Å²) in [6.07, 6.45) is 5.55. The van der Waals surface area contributed by atoms with Gasteiger partial charge in [-0.1, -0.05) is 0 Å². The van der Waals surface area contributed by atoms with Crippen LogP contribution in [0.2, 0.25) is 0 Å². The third-order valence-electron chi connectivity index (χ3n) is 2.55. The van der Waals surface area contributed by atoms with Crippen LogP contribution in [0.3, 0.4) is 0 Å². The van der Waals surface area contributed by atoms with Crippen molar-refractivity contribution >= 4 is 11.3 Å². The Balaban J connectivity index is 1.62. The highest BCUT2D eigenvalue weighted by Crippen LogP contribution is 2.05. The van der Waals surface area contributed by atoms with Crippen LogP contribution in [0.5, 0.6) is 0 Å². The van der Waals surface area contributed by atoms with E-state index in [0.717, 1.165) is 19.5 Å². The fraction of sp³-hybridized carbons (Fsp3) is 0.700. The highest BCUT2D eigenvalue weighted by atomic mass is 32.1.